The fourth-order valence-corrected chi connectivity index (χ4v) is 3.62. The normalized spacial score (nSPS) is 23.2. The summed E-state index contributed by atoms with van der Waals surface area (Å²) in [5.74, 6) is 2.19. The Hall–Kier alpha value is -1.89. The molecule has 25 heavy (non-hydrogen) atoms. The second-order valence-corrected chi connectivity index (χ2v) is 7.38. The third kappa shape index (κ3) is 5.29. The van der Waals surface area contributed by atoms with Crippen LogP contribution in [0.5, 0.6) is 0 Å². The molecule has 0 bridgehead atoms. The zero-order valence-corrected chi connectivity index (χ0v) is 16.7. The molecular formula is C24H33N. The third-order valence-corrected chi connectivity index (χ3v) is 5.35. The van der Waals surface area contributed by atoms with E-state index in [4.69, 9.17) is 4.99 Å². The number of nitrogens with zero attached hydrogens (tertiary/aromatic N) is 1. The number of benzene rings is 1. The van der Waals surface area contributed by atoms with Crippen molar-refractivity contribution in [2.24, 2.45) is 22.7 Å². The fourth-order valence-electron chi connectivity index (χ4n) is 3.62. The van der Waals surface area contributed by atoms with E-state index < -0.39 is 0 Å². The lowest BCUT2D eigenvalue weighted by Crippen LogP contribution is -2.07. The SMILES string of the molecule is C\C=C/C=C\C(C)=C(\N=C(C)c1cccc(C)c1)C(C)C1CC1CC. The van der Waals surface area contributed by atoms with E-state index in [0.29, 0.717) is 5.92 Å². The number of aryl methyl sites for hydroxylation is 1. The molecule has 0 heterocycles. The van der Waals surface area contributed by atoms with Crippen LogP contribution in [0.4, 0.5) is 0 Å². The number of hydrogen-bond acceptors (Lipinski definition) is 1. The minimum absolute atomic E-state index is 0.514. The summed E-state index contributed by atoms with van der Waals surface area (Å²) in [5.41, 5.74) is 6.14. The van der Waals surface area contributed by atoms with Gasteiger partial charge in [-0.15, -0.1) is 0 Å². The molecule has 0 amide bonds. The number of hydrogen-bond donors (Lipinski definition) is 0. The molecule has 1 saturated carbocycles. The zero-order chi connectivity index (χ0) is 18.4. The molecule has 1 aliphatic rings. The molecule has 1 aliphatic carbocycles. The summed E-state index contributed by atoms with van der Waals surface area (Å²) in [5, 5.41) is 0. The minimum atomic E-state index is 0.514. The lowest BCUT2D eigenvalue weighted by Gasteiger charge is -2.16. The molecule has 0 radical (unpaired) electrons. The molecule has 0 spiro atoms. The van der Waals surface area contributed by atoms with Crippen LogP contribution in [0.3, 0.4) is 0 Å². The first-order valence-electron chi connectivity index (χ1n) is 9.60. The molecule has 3 atom stereocenters. The number of aliphatic imine (C=N–C) groups is 1. The van der Waals surface area contributed by atoms with Gasteiger partial charge in [-0.2, -0.15) is 0 Å². The van der Waals surface area contributed by atoms with E-state index in [2.05, 4.69) is 83.2 Å². The van der Waals surface area contributed by atoms with Gasteiger partial charge in [-0.1, -0.05) is 74.4 Å². The molecule has 1 fully saturated rings. The molecule has 0 aromatic heterocycles. The lowest BCUT2D eigenvalue weighted by molar-refractivity contribution is 0.528. The molecule has 3 unspecified atom stereocenters. The van der Waals surface area contributed by atoms with Crippen LogP contribution < -0.4 is 0 Å². The first-order valence-corrected chi connectivity index (χ1v) is 9.60. The first kappa shape index (κ1) is 19.4. The highest BCUT2D eigenvalue weighted by Crippen LogP contribution is 2.49. The molecule has 2 rings (SSSR count). The Kier molecular flexibility index (Phi) is 6.99. The molecule has 1 aromatic rings. The standard InChI is InChI=1S/C24H33N/c1-7-9-10-13-18(4)24(19(5)23-16-21(23)8-2)25-20(6)22-14-11-12-17(3)15-22/h7,9-15,19,21,23H,8,16H2,1-6H3/b9-7-,13-10-,24-18+,25-20?. The highest BCUT2D eigenvalue weighted by atomic mass is 14.8. The van der Waals surface area contributed by atoms with Crippen molar-refractivity contribution in [3.63, 3.8) is 0 Å². The second-order valence-electron chi connectivity index (χ2n) is 7.38. The van der Waals surface area contributed by atoms with Gasteiger partial charge in [0, 0.05) is 17.3 Å². The molecule has 0 aliphatic heterocycles. The van der Waals surface area contributed by atoms with Crippen molar-refractivity contribution >= 4 is 5.71 Å². The summed E-state index contributed by atoms with van der Waals surface area (Å²) >= 11 is 0. The maximum atomic E-state index is 5.12. The van der Waals surface area contributed by atoms with Gasteiger partial charge in [-0.05, 0) is 57.1 Å². The van der Waals surface area contributed by atoms with E-state index >= 15 is 0 Å². The van der Waals surface area contributed by atoms with Crippen molar-refractivity contribution < 1.29 is 0 Å². The van der Waals surface area contributed by atoms with Crippen LogP contribution in [0, 0.1) is 24.7 Å². The molecule has 0 N–H and O–H groups in total. The average Bonchev–Trinajstić information content (AvgIpc) is 3.38. The minimum Gasteiger partial charge on any atom is -0.257 e. The van der Waals surface area contributed by atoms with E-state index in [1.807, 2.05) is 6.92 Å². The van der Waals surface area contributed by atoms with Crippen LogP contribution in [-0.2, 0) is 0 Å². The third-order valence-electron chi connectivity index (χ3n) is 5.35. The van der Waals surface area contributed by atoms with E-state index in [1.54, 1.807) is 0 Å². The van der Waals surface area contributed by atoms with Gasteiger partial charge in [0.1, 0.15) is 0 Å². The lowest BCUT2D eigenvalue weighted by atomic mass is 9.95. The first-order chi connectivity index (χ1) is 12.0. The van der Waals surface area contributed by atoms with Crippen LogP contribution >= 0.6 is 0 Å². The monoisotopic (exact) mass is 335 g/mol. The highest BCUT2D eigenvalue weighted by molar-refractivity contribution is 5.99. The molecule has 0 saturated heterocycles. The van der Waals surface area contributed by atoms with Gasteiger partial charge in [-0.3, -0.25) is 4.99 Å². The summed E-state index contributed by atoms with van der Waals surface area (Å²) in [6.07, 6.45) is 11.1. The Balaban J connectivity index is 2.37. The van der Waals surface area contributed by atoms with E-state index in [9.17, 15) is 0 Å². The maximum Gasteiger partial charge on any atom is 0.0467 e. The number of allylic oxidation sites excluding steroid dienone is 6. The summed E-state index contributed by atoms with van der Waals surface area (Å²) in [7, 11) is 0. The molecule has 1 nitrogen and oxygen atoms in total. The molecule has 1 heteroatoms. The van der Waals surface area contributed by atoms with Crippen molar-refractivity contribution in [2.75, 3.05) is 0 Å². The zero-order valence-electron chi connectivity index (χ0n) is 16.7. The summed E-state index contributed by atoms with van der Waals surface area (Å²) < 4.78 is 0. The topological polar surface area (TPSA) is 12.4 Å². The fraction of sp³-hybridized carbons (Fsp3) is 0.458. The van der Waals surface area contributed by atoms with Gasteiger partial charge in [-0.25, -0.2) is 0 Å². The van der Waals surface area contributed by atoms with Crippen molar-refractivity contribution in [1.29, 1.82) is 0 Å². The Morgan fingerprint density at radius 1 is 1.28 bits per heavy atom. The van der Waals surface area contributed by atoms with Crippen LogP contribution in [0.2, 0.25) is 0 Å². The summed E-state index contributed by atoms with van der Waals surface area (Å²) in [6.45, 7) is 13.2. The van der Waals surface area contributed by atoms with E-state index in [-0.39, 0.29) is 0 Å². The molecule has 1 aromatic carbocycles. The Morgan fingerprint density at radius 2 is 2.04 bits per heavy atom. The maximum absolute atomic E-state index is 5.12. The average molecular weight is 336 g/mol. The Morgan fingerprint density at radius 3 is 2.64 bits per heavy atom. The van der Waals surface area contributed by atoms with Crippen molar-refractivity contribution in [1.82, 2.24) is 0 Å². The van der Waals surface area contributed by atoms with Crippen LogP contribution in [-0.4, -0.2) is 5.71 Å². The Labute approximate surface area is 154 Å². The highest BCUT2D eigenvalue weighted by Gasteiger charge is 2.41. The molecular weight excluding hydrogens is 302 g/mol. The smallest absolute Gasteiger partial charge is 0.0467 e. The predicted octanol–water partition coefficient (Wildman–Crippen LogP) is 6.89. The van der Waals surface area contributed by atoms with Crippen LogP contribution in [0.1, 0.15) is 58.6 Å². The Bertz CT molecular complexity index is 703. The number of rotatable bonds is 7. The predicted molar refractivity (Wildman–Crippen MR) is 111 cm³/mol. The van der Waals surface area contributed by atoms with Crippen LogP contribution in [0.15, 0.2) is 64.8 Å². The quantitative estimate of drug-likeness (QED) is 0.380. The van der Waals surface area contributed by atoms with Gasteiger partial charge < -0.3 is 0 Å². The van der Waals surface area contributed by atoms with Gasteiger partial charge in [0.05, 0.1) is 0 Å². The summed E-state index contributed by atoms with van der Waals surface area (Å²) in [6, 6.07) is 8.63. The van der Waals surface area contributed by atoms with Gasteiger partial charge in [0.2, 0.25) is 0 Å². The van der Waals surface area contributed by atoms with E-state index in [1.165, 1.54) is 35.2 Å². The van der Waals surface area contributed by atoms with Crippen molar-refractivity contribution in [3.8, 4) is 0 Å². The second kappa shape index (κ2) is 8.99. The van der Waals surface area contributed by atoms with Gasteiger partial charge in [0.25, 0.3) is 0 Å². The largest absolute Gasteiger partial charge is 0.257 e. The summed E-state index contributed by atoms with van der Waals surface area (Å²) in [4.78, 5) is 5.12. The van der Waals surface area contributed by atoms with Crippen LogP contribution in [0.25, 0.3) is 0 Å². The van der Waals surface area contributed by atoms with Crippen molar-refractivity contribution in [2.45, 2.75) is 54.4 Å². The van der Waals surface area contributed by atoms with Gasteiger partial charge in [0.15, 0.2) is 0 Å². The van der Waals surface area contributed by atoms with Gasteiger partial charge >= 0.3 is 0 Å². The molecule has 134 valence electrons. The van der Waals surface area contributed by atoms with Crippen molar-refractivity contribution in [3.05, 3.63) is 71.0 Å². The van der Waals surface area contributed by atoms with E-state index in [0.717, 1.165) is 17.5 Å².